The molecule has 0 saturated carbocycles. The van der Waals surface area contributed by atoms with Crippen molar-refractivity contribution in [2.45, 2.75) is 0 Å². The van der Waals surface area contributed by atoms with Gasteiger partial charge < -0.3 is 8.98 Å². The predicted molar refractivity (Wildman–Crippen MR) is 181 cm³/mol. The molecule has 6 nitrogen and oxygen atoms in total. The molecule has 0 spiro atoms. The van der Waals surface area contributed by atoms with Crippen molar-refractivity contribution < 1.29 is 4.42 Å². The summed E-state index contributed by atoms with van der Waals surface area (Å²) in [5.41, 5.74) is 9.43. The molecule has 6 heteroatoms. The van der Waals surface area contributed by atoms with Gasteiger partial charge in [-0.1, -0.05) is 54.6 Å². The highest BCUT2D eigenvalue weighted by atomic mass is 16.3. The fraction of sp³-hybridized carbons (Fsp3) is 0. The van der Waals surface area contributed by atoms with Crippen molar-refractivity contribution in [3.05, 3.63) is 140 Å². The molecule has 5 aromatic heterocycles. The van der Waals surface area contributed by atoms with Crippen molar-refractivity contribution in [3.63, 3.8) is 0 Å². The second-order valence-electron chi connectivity index (χ2n) is 11.3. The summed E-state index contributed by atoms with van der Waals surface area (Å²) in [6.07, 6.45) is 5.79. The number of hydrogen-bond acceptors (Lipinski definition) is 4. The Morgan fingerprint density at radius 2 is 1.38 bits per heavy atom. The lowest BCUT2D eigenvalue weighted by atomic mass is 10.1. The number of fused-ring (bicyclic) bond motifs is 9. The molecule has 0 amide bonds. The van der Waals surface area contributed by atoms with Crippen LogP contribution in [0, 0.1) is 0 Å². The Hall–Kier alpha value is -6.27. The maximum absolute atomic E-state index is 6.37. The zero-order valence-corrected chi connectivity index (χ0v) is 23.9. The molecule has 0 aliphatic carbocycles. The predicted octanol–water partition coefficient (Wildman–Crippen LogP) is 9.63. The van der Waals surface area contributed by atoms with Gasteiger partial charge >= 0.3 is 0 Å². The first-order valence-corrected chi connectivity index (χ1v) is 14.9. The number of pyridine rings is 1. The fourth-order valence-electron chi connectivity index (χ4n) is 6.82. The second kappa shape index (κ2) is 9.11. The van der Waals surface area contributed by atoms with Gasteiger partial charge in [0, 0.05) is 56.8 Å². The van der Waals surface area contributed by atoms with Crippen molar-refractivity contribution in [3.8, 4) is 22.8 Å². The van der Waals surface area contributed by atoms with Crippen LogP contribution in [0.1, 0.15) is 0 Å². The molecule has 10 aromatic rings. The van der Waals surface area contributed by atoms with E-state index in [-0.39, 0.29) is 0 Å². The van der Waals surface area contributed by atoms with E-state index >= 15 is 0 Å². The minimum atomic E-state index is 0.758. The van der Waals surface area contributed by atoms with E-state index in [4.69, 9.17) is 14.4 Å². The molecule has 45 heavy (non-hydrogen) atoms. The third-order valence-electron chi connectivity index (χ3n) is 8.83. The third kappa shape index (κ3) is 3.48. The van der Waals surface area contributed by atoms with E-state index in [2.05, 4.69) is 87.0 Å². The minimum absolute atomic E-state index is 0.758. The Morgan fingerprint density at radius 1 is 0.556 bits per heavy atom. The van der Waals surface area contributed by atoms with Gasteiger partial charge in [-0.05, 0) is 66.7 Å². The fourth-order valence-corrected chi connectivity index (χ4v) is 6.82. The maximum atomic E-state index is 6.37. The molecule has 0 N–H and O–H groups in total. The van der Waals surface area contributed by atoms with Gasteiger partial charge in [0.2, 0.25) is 0 Å². The Labute approximate surface area is 256 Å². The first kappa shape index (κ1) is 24.2. The van der Waals surface area contributed by atoms with E-state index in [1.807, 2.05) is 60.8 Å². The van der Waals surface area contributed by atoms with Crippen LogP contribution in [0.3, 0.4) is 0 Å². The molecule has 0 saturated heterocycles. The van der Waals surface area contributed by atoms with Gasteiger partial charge in [0.1, 0.15) is 16.9 Å². The lowest BCUT2D eigenvalue weighted by molar-refractivity contribution is 0.669. The molecule has 0 atom stereocenters. The van der Waals surface area contributed by atoms with Crippen LogP contribution in [-0.4, -0.2) is 24.1 Å². The smallest absolute Gasteiger partial charge is 0.165 e. The molecular formula is C39H23N5O. The number of aromatic nitrogens is 5. The number of para-hydroxylation sites is 4. The summed E-state index contributed by atoms with van der Waals surface area (Å²) < 4.78 is 10.9. The van der Waals surface area contributed by atoms with Gasteiger partial charge in [-0.3, -0.25) is 9.55 Å². The third-order valence-corrected chi connectivity index (χ3v) is 8.83. The maximum Gasteiger partial charge on any atom is 0.165 e. The molecule has 5 aromatic carbocycles. The minimum Gasteiger partial charge on any atom is -0.456 e. The van der Waals surface area contributed by atoms with Crippen LogP contribution in [0.4, 0.5) is 0 Å². The van der Waals surface area contributed by atoms with Crippen LogP contribution in [0.2, 0.25) is 0 Å². The van der Waals surface area contributed by atoms with Crippen LogP contribution >= 0.6 is 0 Å². The number of furan rings is 1. The topological polar surface area (TPSA) is 61.7 Å². The lowest BCUT2D eigenvalue weighted by Crippen LogP contribution is -2.04. The Kier molecular flexibility index (Phi) is 4.90. The second-order valence-corrected chi connectivity index (χ2v) is 11.3. The molecule has 0 fully saturated rings. The summed E-state index contributed by atoms with van der Waals surface area (Å²) in [7, 11) is 0. The summed E-state index contributed by atoms with van der Waals surface area (Å²) >= 11 is 0. The monoisotopic (exact) mass is 577 g/mol. The summed E-state index contributed by atoms with van der Waals surface area (Å²) in [6.45, 7) is 0. The van der Waals surface area contributed by atoms with Crippen LogP contribution in [0.15, 0.2) is 144 Å². The van der Waals surface area contributed by atoms with E-state index in [1.54, 1.807) is 6.20 Å². The molecule has 0 radical (unpaired) electrons. The number of rotatable bonds is 3. The average molecular weight is 578 g/mol. The zero-order chi connectivity index (χ0) is 29.5. The number of hydrogen-bond donors (Lipinski definition) is 0. The standard InChI is InChI=1S/C39H23N5O/c1-2-10-25(11-3-1)43-20-18-28-33(43)17-16-27-29-22-36-30(26-12-4-7-15-35(26)45-36)21-34(29)44(38(27)28)39-37(24-9-8-19-40-23-24)41-31-13-5-6-14-32(31)42-39/h1-23H. The molecule has 0 aliphatic heterocycles. The van der Waals surface area contributed by atoms with Crippen molar-refractivity contribution in [1.82, 2.24) is 24.1 Å². The highest BCUT2D eigenvalue weighted by molar-refractivity contribution is 6.22. The summed E-state index contributed by atoms with van der Waals surface area (Å²) in [4.78, 5) is 15.0. The summed E-state index contributed by atoms with van der Waals surface area (Å²) in [6, 6.07) is 41.8. The largest absolute Gasteiger partial charge is 0.456 e. The van der Waals surface area contributed by atoms with Crippen molar-refractivity contribution in [1.29, 1.82) is 0 Å². The molecular weight excluding hydrogens is 554 g/mol. The molecule has 5 heterocycles. The molecule has 210 valence electrons. The van der Waals surface area contributed by atoms with Crippen molar-refractivity contribution >= 4 is 65.7 Å². The Morgan fingerprint density at radius 3 is 2.24 bits per heavy atom. The van der Waals surface area contributed by atoms with Gasteiger partial charge in [0.25, 0.3) is 0 Å². The van der Waals surface area contributed by atoms with E-state index in [0.29, 0.717) is 0 Å². The van der Waals surface area contributed by atoms with Gasteiger partial charge in [0.05, 0.1) is 27.6 Å². The summed E-state index contributed by atoms with van der Waals surface area (Å²) in [5.74, 6) is 0.758. The van der Waals surface area contributed by atoms with Crippen LogP contribution in [0.5, 0.6) is 0 Å². The molecule has 0 unspecified atom stereocenters. The van der Waals surface area contributed by atoms with Gasteiger partial charge in [-0.25, -0.2) is 9.97 Å². The van der Waals surface area contributed by atoms with Crippen molar-refractivity contribution in [2.24, 2.45) is 0 Å². The highest BCUT2D eigenvalue weighted by Crippen LogP contribution is 2.42. The first-order valence-electron chi connectivity index (χ1n) is 14.9. The average Bonchev–Trinajstić information content (AvgIpc) is 3.79. The van der Waals surface area contributed by atoms with E-state index < -0.39 is 0 Å². The first-order chi connectivity index (χ1) is 22.3. The molecule has 0 bridgehead atoms. The van der Waals surface area contributed by atoms with Gasteiger partial charge in [0.15, 0.2) is 5.82 Å². The SMILES string of the molecule is c1ccc(-n2ccc3c2ccc2c4cc5oc6ccccc6c5cc4n(-c4nc5ccccc5nc4-c4cccnc4)c23)cc1. The highest BCUT2D eigenvalue weighted by Gasteiger charge is 2.23. The number of nitrogens with zero attached hydrogens (tertiary/aromatic N) is 5. The Balaban J connectivity index is 1.41. The zero-order valence-electron chi connectivity index (χ0n) is 23.9. The van der Waals surface area contributed by atoms with E-state index in [0.717, 1.165) is 88.4 Å². The molecule has 0 aliphatic rings. The quantitative estimate of drug-likeness (QED) is 0.210. The van der Waals surface area contributed by atoms with Crippen LogP contribution in [-0.2, 0) is 0 Å². The number of benzene rings is 5. The normalized spacial score (nSPS) is 12.0. The molecule has 10 rings (SSSR count). The Bertz CT molecular complexity index is 2760. The van der Waals surface area contributed by atoms with Crippen molar-refractivity contribution in [2.75, 3.05) is 0 Å². The summed E-state index contributed by atoms with van der Waals surface area (Å²) in [5, 5.41) is 5.50. The van der Waals surface area contributed by atoms with E-state index in [1.165, 1.54) is 0 Å². The van der Waals surface area contributed by atoms with Crippen LogP contribution < -0.4 is 0 Å². The van der Waals surface area contributed by atoms with Gasteiger partial charge in [-0.2, -0.15) is 0 Å². The van der Waals surface area contributed by atoms with Gasteiger partial charge in [-0.15, -0.1) is 0 Å². The van der Waals surface area contributed by atoms with E-state index in [9.17, 15) is 0 Å². The lowest BCUT2D eigenvalue weighted by Gasteiger charge is -2.14. The van der Waals surface area contributed by atoms with Crippen LogP contribution in [0.25, 0.3) is 88.4 Å².